The molecule has 0 bridgehead atoms. The molecule has 0 atom stereocenters. The highest BCUT2D eigenvalue weighted by Gasteiger charge is 2.17. The molecule has 0 unspecified atom stereocenters. The summed E-state index contributed by atoms with van der Waals surface area (Å²) < 4.78 is 56.9. The number of allylic oxidation sites excluding steroid dienone is 2. The van der Waals surface area contributed by atoms with Crippen LogP contribution in [0.2, 0.25) is 0 Å². The molecule has 128 valence electrons. The van der Waals surface area contributed by atoms with Crippen molar-refractivity contribution in [2.45, 2.75) is 26.2 Å². The number of hydrogen-bond acceptors (Lipinski definition) is 1. The molecule has 2 aromatic rings. The molecular formula is C19H18F4O. The first-order chi connectivity index (χ1) is 11.5. The van der Waals surface area contributed by atoms with Crippen molar-refractivity contribution in [3.63, 3.8) is 0 Å². The highest BCUT2D eigenvalue weighted by molar-refractivity contribution is 5.65. The van der Waals surface area contributed by atoms with Gasteiger partial charge in [-0.05, 0) is 43.0 Å². The first kappa shape index (κ1) is 18.0. The fourth-order valence-electron chi connectivity index (χ4n) is 2.29. The van der Waals surface area contributed by atoms with Crippen molar-refractivity contribution in [1.29, 1.82) is 0 Å². The predicted molar refractivity (Wildman–Crippen MR) is 86.4 cm³/mol. The van der Waals surface area contributed by atoms with Gasteiger partial charge >= 0.3 is 0 Å². The summed E-state index contributed by atoms with van der Waals surface area (Å²) in [6, 6.07) is 9.63. The Bertz CT molecular complexity index is 693. The maximum absolute atomic E-state index is 14.2. The SMILES string of the molecule is CC=CCCc1ccc(-c2ccc(OCC(F)F)c(F)c2F)cc1. The van der Waals surface area contributed by atoms with Gasteiger partial charge in [0.2, 0.25) is 5.82 Å². The summed E-state index contributed by atoms with van der Waals surface area (Å²) in [6.45, 7) is 0.978. The van der Waals surface area contributed by atoms with E-state index in [2.05, 4.69) is 10.8 Å². The van der Waals surface area contributed by atoms with E-state index in [1.165, 1.54) is 6.07 Å². The summed E-state index contributed by atoms with van der Waals surface area (Å²) in [5.41, 5.74) is 1.67. The number of hydrogen-bond donors (Lipinski definition) is 0. The van der Waals surface area contributed by atoms with Crippen molar-refractivity contribution in [1.82, 2.24) is 0 Å². The minimum absolute atomic E-state index is 0.0666. The Kier molecular flexibility index (Phi) is 6.41. The van der Waals surface area contributed by atoms with Crippen LogP contribution in [0.1, 0.15) is 18.9 Å². The zero-order valence-electron chi connectivity index (χ0n) is 13.2. The van der Waals surface area contributed by atoms with Crippen LogP contribution in [0.4, 0.5) is 17.6 Å². The second-order valence-electron chi connectivity index (χ2n) is 5.25. The van der Waals surface area contributed by atoms with Gasteiger partial charge in [0.1, 0.15) is 6.61 Å². The molecule has 0 saturated carbocycles. The molecule has 0 fully saturated rings. The average Bonchev–Trinajstić information content (AvgIpc) is 2.57. The van der Waals surface area contributed by atoms with Crippen LogP contribution < -0.4 is 4.74 Å². The number of ether oxygens (including phenoxy) is 1. The van der Waals surface area contributed by atoms with Gasteiger partial charge in [-0.25, -0.2) is 13.2 Å². The number of aryl methyl sites for hydroxylation is 1. The predicted octanol–water partition coefficient (Wildman–Crippen LogP) is 5.78. The quantitative estimate of drug-likeness (QED) is 0.459. The Morgan fingerprint density at radius 1 is 1.00 bits per heavy atom. The Morgan fingerprint density at radius 2 is 1.71 bits per heavy atom. The molecule has 2 rings (SSSR count). The maximum atomic E-state index is 14.2. The van der Waals surface area contributed by atoms with Gasteiger partial charge in [-0.2, -0.15) is 4.39 Å². The van der Waals surface area contributed by atoms with Crippen LogP contribution in [0.25, 0.3) is 11.1 Å². The van der Waals surface area contributed by atoms with Gasteiger partial charge in [-0.3, -0.25) is 0 Å². The molecule has 0 amide bonds. The van der Waals surface area contributed by atoms with Gasteiger partial charge in [0.25, 0.3) is 6.43 Å². The third kappa shape index (κ3) is 4.60. The number of benzene rings is 2. The van der Waals surface area contributed by atoms with E-state index in [4.69, 9.17) is 0 Å². The molecule has 0 aromatic heterocycles. The second kappa shape index (κ2) is 8.52. The normalized spacial score (nSPS) is 11.4. The molecule has 0 N–H and O–H groups in total. The lowest BCUT2D eigenvalue weighted by atomic mass is 10.0. The van der Waals surface area contributed by atoms with Gasteiger partial charge in [0.05, 0.1) is 0 Å². The standard InChI is InChI=1S/C19H18F4O/c1-2-3-4-5-13-6-8-14(9-7-13)15-10-11-16(19(23)18(15)22)24-12-17(20)21/h2-3,6-11,17H,4-5,12H2,1H3. The highest BCUT2D eigenvalue weighted by atomic mass is 19.3. The summed E-state index contributed by atoms with van der Waals surface area (Å²) in [5, 5.41) is 0. The van der Waals surface area contributed by atoms with Crippen molar-refractivity contribution in [2.75, 3.05) is 6.61 Å². The van der Waals surface area contributed by atoms with Crippen LogP contribution >= 0.6 is 0 Å². The molecule has 0 aliphatic heterocycles. The summed E-state index contributed by atoms with van der Waals surface area (Å²) in [4.78, 5) is 0. The van der Waals surface area contributed by atoms with Gasteiger partial charge < -0.3 is 4.74 Å². The van der Waals surface area contributed by atoms with Crippen LogP contribution in [0.5, 0.6) is 5.75 Å². The van der Waals surface area contributed by atoms with Crippen LogP contribution in [-0.2, 0) is 6.42 Å². The van der Waals surface area contributed by atoms with Crippen LogP contribution in [0.15, 0.2) is 48.6 Å². The average molecular weight is 338 g/mol. The summed E-state index contributed by atoms with van der Waals surface area (Å²) in [6.07, 6.45) is 3.06. The van der Waals surface area contributed by atoms with Gasteiger partial charge in [0.15, 0.2) is 11.6 Å². The van der Waals surface area contributed by atoms with Gasteiger partial charge in [-0.15, -0.1) is 0 Å². The molecule has 1 nitrogen and oxygen atoms in total. The molecule has 0 spiro atoms. The lowest BCUT2D eigenvalue weighted by molar-refractivity contribution is 0.0795. The van der Waals surface area contributed by atoms with Crippen molar-refractivity contribution < 1.29 is 22.3 Å². The van der Waals surface area contributed by atoms with E-state index in [0.717, 1.165) is 24.5 Å². The van der Waals surface area contributed by atoms with E-state index in [1.54, 1.807) is 12.1 Å². The third-order valence-corrected chi connectivity index (χ3v) is 3.51. The second-order valence-corrected chi connectivity index (χ2v) is 5.25. The highest BCUT2D eigenvalue weighted by Crippen LogP contribution is 2.30. The summed E-state index contributed by atoms with van der Waals surface area (Å²) in [5.74, 6) is -2.88. The Morgan fingerprint density at radius 3 is 2.33 bits per heavy atom. The Hall–Kier alpha value is -2.30. The largest absolute Gasteiger partial charge is 0.484 e. The first-order valence-electron chi connectivity index (χ1n) is 7.62. The van der Waals surface area contributed by atoms with E-state index in [9.17, 15) is 17.6 Å². The summed E-state index contributed by atoms with van der Waals surface area (Å²) in [7, 11) is 0. The number of rotatable bonds is 7. The zero-order chi connectivity index (χ0) is 17.5. The molecule has 0 heterocycles. The maximum Gasteiger partial charge on any atom is 0.272 e. The lowest BCUT2D eigenvalue weighted by Gasteiger charge is -2.10. The third-order valence-electron chi connectivity index (χ3n) is 3.51. The fraction of sp³-hybridized carbons (Fsp3) is 0.263. The molecule has 0 aliphatic carbocycles. The van der Waals surface area contributed by atoms with Crippen molar-refractivity contribution in [2.24, 2.45) is 0 Å². The van der Waals surface area contributed by atoms with Crippen molar-refractivity contribution in [3.05, 3.63) is 65.7 Å². The number of halogens is 4. The van der Waals surface area contributed by atoms with Crippen LogP contribution in [-0.4, -0.2) is 13.0 Å². The van der Waals surface area contributed by atoms with Gasteiger partial charge in [0, 0.05) is 5.56 Å². The monoisotopic (exact) mass is 338 g/mol. The lowest BCUT2D eigenvalue weighted by Crippen LogP contribution is -2.08. The summed E-state index contributed by atoms with van der Waals surface area (Å²) >= 11 is 0. The molecule has 0 radical (unpaired) electrons. The minimum atomic E-state index is -2.75. The Balaban J connectivity index is 2.18. The van der Waals surface area contributed by atoms with E-state index in [-0.39, 0.29) is 5.56 Å². The van der Waals surface area contributed by atoms with Crippen LogP contribution in [0, 0.1) is 11.6 Å². The van der Waals surface area contributed by atoms with Crippen molar-refractivity contribution >= 4 is 0 Å². The molecule has 0 aliphatic rings. The first-order valence-corrected chi connectivity index (χ1v) is 7.62. The number of alkyl halides is 2. The van der Waals surface area contributed by atoms with Crippen LogP contribution in [0.3, 0.4) is 0 Å². The molecule has 5 heteroatoms. The Labute approximate surface area is 138 Å². The van der Waals surface area contributed by atoms with E-state index < -0.39 is 30.4 Å². The molecule has 24 heavy (non-hydrogen) atoms. The van der Waals surface area contributed by atoms with E-state index >= 15 is 0 Å². The van der Waals surface area contributed by atoms with Gasteiger partial charge in [-0.1, -0.05) is 36.4 Å². The van der Waals surface area contributed by atoms with E-state index in [0.29, 0.717) is 5.56 Å². The zero-order valence-corrected chi connectivity index (χ0v) is 13.2. The molecular weight excluding hydrogens is 320 g/mol. The van der Waals surface area contributed by atoms with Crippen molar-refractivity contribution in [3.8, 4) is 16.9 Å². The molecule has 0 saturated heterocycles. The topological polar surface area (TPSA) is 9.23 Å². The van der Waals surface area contributed by atoms with E-state index in [1.807, 2.05) is 25.1 Å². The fourth-order valence-corrected chi connectivity index (χ4v) is 2.29. The minimum Gasteiger partial charge on any atom is -0.484 e. The smallest absolute Gasteiger partial charge is 0.272 e. The molecule has 2 aromatic carbocycles.